The number of hydrogen-bond donors (Lipinski definition) is 1. The fraction of sp³-hybridized carbons (Fsp3) is 0.643. The molecule has 20 heavy (non-hydrogen) atoms. The van der Waals surface area contributed by atoms with E-state index in [4.69, 9.17) is 4.84 Å². The van der Waals surface area contributed by atoms with Gasteiger partial charge in [0.05, 0.1) is 5.70 Å². The molecule has 6 nitrogen and oxygen atoms in total. The first-order valence-electron chi connectivity index (χ1n) is 7.02. The van der Waals surface area contributed by atoms with E-state index in [9.17, 15) is 14.4 Å². The minimum Gasteiger partial charge on any atom is -0.356 e. The van der Waals surface area contributed by atoms with Gasteiger partial charge in [0, 0.05) is 25.8 Å². The van der Waals surface area contributed by atoms with Crippen molar-refractivity contribution in [2.75, 3.05) is 6.54 Å². The Bertz CT molecular complexity index is 377. The van der Waals surface area contributed by atoms with Crippen LogP contribution in [0.1, 0.15) is 51.9 Å². The minimum atomic E-state index is -0.511. The number of amides is 2. The van der Waals surface area contributed by atoms with E-state index >= 15 is 0 Å². The van der Waals surface area contributed by atoms with Gasteiger partial charge in [-0.1, -0.05) is 19.9 Å². The molecule has 0 bridgehead atoms. The number of nitrogens with zero attached hydrogens (tertiary/aromatic N) is 1. The molecular weight excluding hydrogens is 260 g/mol. The summed E-state index contributed by atoms with van der Waals surface area (Å²) in [5.74, 6) is -0.823. The molecule has 1 fully saturated rings. The summed E-state index contributed by atoms with van der Waals surface area (Å²) in [5, 5.41) is 3.74. The normalized spacial score (nSPS) is 14.6. The summed E-state index contributed by atoms with van der Waals surface area (Å²) in [6.07, 6.45) is 3.63. The average molecular weight is 282 g/mol. The van der Waals surface area contributed by atoms with E-state index in [1.165, 1.54) is 0 Å². The molecule has 1 saturated heterocycles. The van der Waals surface area contributed by atoms with Crippen LogP contribution in [-0.4, -0.2) is 29.4 Å². The molecule has 2 amide bonds. The molecule has 0 aromatic rings. The summed E-state index contributed by atoms with van der Waals surface area (Å²) < 4.78 is 0. The maximum absolute atomic E-state index is 11.5. The van der Waals surface area contributed by atoms with Crippen molar-refractivity contribution in [1.82, 2.24) is 10.4 Å². The predicted octanol–water partition coefficient (Wildman–Crippen LogP) is 1.67. The lowest BCUT2D eigenvalue weighted by atomic mass is 10.2. The summed E-state index contributed by atoms with van der Waals surface area (Å²) in [6, 6.07) is 0. The number of unbranched alkanes of at least 4 members (excludes halogenated alkanes) is 1. The highest BCUT2D eigenvalue weighted by Gasteiger charge is 2.27. The predicted molar refractivity (Wildman–Crippen MR) is 73.1 cm³/mol. The van der Waals surface area contributed by atoms with E-state index in [1.807, 2.05) is 0 Å². The lowest BCUT2D eigenvalue weighted by Crippen LogP contribution is -2.27. The third-order valence-corrected chi connectivity index (χ3v) is 2.97. The zero-order chi connectivity index (χ0) is 15.0. The third-order valence-electron chi connectivity index (χ3n) is 2.97. The van der Waals surface area contributed by atoms with Crippen LogP contribution in [0.5, 0.6) is 0 Å². The molecule has 0 aromatic heterocycles. The van der Waals surface area contributed by atoms with Crippen molar-refractivity contribution in [3.05, 3.63) is 12.3 Å². The van der Waals surface area contributed by atoms with Crippen LogP contribution in [0, 0.1) is 0 Å². The summed E-state index contributed by atoms with van der Waals surface area (Å²) >= 11 is 0. The molecular formula is C14H22N2O4. The van der Waals surface area contributed by atoms with Crippen LogP contribution in [-0.2, 0) is 19.2 Å². The molecule has 6 heteroatoms. The lowest BCUT2D eigenvalue weighted by molar-refractivity contribution is -0.186. The Kier molecular flexibility index (Phi) is 6.76. The van der Waals surface area contributed by atoms with Gasteiger partial charge in [-0.25, -0.2) is 4.79 Å². The first-order valence-corrected chi connectivity index (χ1v) is 7.02. The Labute approximate surface area is 119 Å². The van der Waals surface area contributed by atoms with Crippen molar-refractivity contribution in [2.45, 2.75) is 51.9 Å². The highest BCUT2D eigenvalue weighted by atomic mass is 16.7. The van der Waals surface area contributed by atoms with Crippen LogP contribution in [0.4, 0.5) is 0 Å². The number of hydrogen-bond acceptors (Lipinski definition) is 4. The number of nitrogens with one attached hydrogen (secondary N) is 1. The Hall–Kier alpha value is -1.85. The highest BCUT2D eigenvalue weighted by molar-refractivity contribution is 5.82. The molecule has 0 saturated carbocycles. The van der Waals surface area contributed by atoms with Crippen molar-refractivity contribution in [1.29, 1.82) is 0 Å². The quantitative estimate of drug-likeness (QED) is 0.687. The largest absolute Gasteiger partial charge is 0.356 e. The maximum Gasteiger partial charge on any atom is 0.333 e. The van der Waals surface area contributed by atoms with Gasteiger partial charge in [-0.05, 0) is 19.3 Å². The van der Waals surface area contributed by atoms with Crippen LogP contribution in [0.15, 0.2) is 12.3 Å². The van der Waals surface area contributed by atoms with E-state index in [0.717, 1.165) is 17.9 Å². The Morgan fingerprint density at radius 2 is 2.05 bits per heavy atom. The number of carbonyl (C=O) groups is 3. The minimum absolute atomic E-state index is 0.0621. The standard InChI is InChI=1S/C14H22N2O4/c1-3-4-10-15-12(17)6-5-7-14(19)20-16-11(2)8-9-13(16)18/h2-10H2,1H3,(H,15,17). The van der Waals surface area contributed by atoms with Gasteiger partial charge in [-0.3, -0.25) is 9.59 Å². The summed E-state index contributed by atoms with van der Waals surface area (Å²) in [4.78, 5) is 39.3. The molecule has 1 aliphatic rings. The van der Waals surface area contributed by atoms with E-state index in [1.54, 1.807) is 0 Å². The zero-order valence-electron chi connectivity index (χ0n) is 11.9. The molecule has 0 unspecified atom stereocenters. The van der Waals surface area contributed by atoms with E-state index in [2.05, 4.69) is 18.8 Å². The zero-order valence-corrected chi connectivity index (χ0v) is 11.9. The second-order valence-corrected chi connectivity index (χ2v) is 4.77. The molecule has 0 aliphatic carbocycles. The van der Waals surface area contributed by atoms with Crippen LogP contribution in [0.3, 0.4) is 0 Å². The first kappa shape index (κ1) is 16.2. The molecule has 0 atom stereocenters. The number of hydroxylamine groups is 2. The van der Waals surface area contributed by atoms with E-state index < -0.39 is 5.97 Å². The molecule has 0 radical (unpaired) electrons. The molecule has 112 valence electrons. The monoisotopic (exact) mass is 282 g/mol. The number of rotatable bonds is 8. The maximum atomic E-state index is 11.5. The number of allylic oxidation sites excluding steroid dienone is 1. The topological polar surface area (TPSA) is 75.7 Å². The fourth-order valence-corrected chi connectivity index (χ4v) is 1.78. The van der Waals surface area contributed by atoms with Crippen molar-refractivity contribution in [2.24, 2.45) is 0 Å². The van der Waals surface area contributed by atoms with E-state index in [-0.39, 0.29) is 24.7 Å². The van der Waals surface area contributed by atoms with Crippen molar-refractivity contribution < 1.29 is 19.2 Å². The first-order chi connectivity index (χ1) is 9.54. The second-order valence-electron chi connectivity index (χ2n) is 4.77. The molecule has 0 spiro atoms. The van der Waals surface area contributed by atoms with Crippen LogP contribution < -0.4 is 5.32 Å². The Morgan fingerprint density at radius 3 is 2.65 bits per heavy atom. The van der Waals surface area contributed by atoms with Gasteiger partial charge < -0.3 is 10.2 Å². The van der Waals surface area contributed by atoms with Gasteiger partial charge >= 0.3 is 5.97 Å². The molecule has 1 heterocycles. The van der Waals surface area contributed by atoms with Gasteiger partial charge in [0.2, 0.25) is 5.91 Å². The summed E-state index contributed by atoms with van der Waals surface area (Å²) in [7, 11) is 0. The van der Waals surface area contributed by atoms with Gasteiger partial charge in [0.15, 0.2) is 0 Å². The van der Waals surface area contributed by atoms with Gasteiger partial charge in [-0.15, -0.1) is 5.06 Å². The second kappa shape index (κ2) is 8.35. The van der Waals surface area contributed by atoms with Crippen molar-refractivity contribution in [3.8, 4) is 0 Å². The van der Waals surface area contributed by atoms with Crippen molar-refractivity contribution in [3.63, 3.8) is 0 Å². The van der Waals surface area contributed by atoms with Gasteiger partial charge in [0.25, 0.3) is 5.91 Å². The summed E-state index contributed by atoms with van der Waals surface area (Å²) in [6.45, 7) is 6.37. The molecule has 1 rings (SSSR count). The summed E-state index contributed by atoms with van der Waals surface area (Å²) in [5.41, 5.74) is 0.501. The smallest absolute Gasteiger partial charge is 0.333 e. The van der Waals surface area contributed by atoms with Crippen molar-refractivity contribution >= 4 is 17.8 Å². The third kappa shape index (κ3) is 5.42. The van der Waals surface area contributed by atoms with Crippen LogP contribution in [0.2, 0.25) is 0 Å². The average Bonchev–Trinajstić information content (AvgIpc) is 2.71. The fourth-order valence-electron chi connectivity index (χ4n) is 1.78. The lowest BCUT2D eigenvalue weighted by Gasteiger charge is -2.15. The molecule has 1 N–H and O–H groups in total. The number of carbonyl (C=O) groups excluding carboxylic acids is 3. The molecule has 0 aromatic carbocycles. The SMILES string of the molecule is C=C1CCC(=O)N1OC(=O)CCCC(=O)NCCCC. The Morgan fingerprint density at radius 1 is 1.30 bits per heavy atom. The van der Waals surface area contributed by atoms with Crippen LogP contribution >= 0.6 is 0 Å². The van der Waals surface area contributed by atoms with Crippen LogP contribution in [0.25, 0.3) is 0 Å². The molecule has 1 aliphatic heterocycles. The van der Waals surface area contributed by atoms with Gasteiger partial charge in [0.1, 0.15) is 0 Å². The van der Waals surface area contributed by atoms with E-state index in [0.29, 0.717) is 31.5 Å². The van der Waals surface area contributed by atoms with Gasteiger partial charge in [-0.2, -0.15) is 0 Å². The highest BCUT2D eigenvalue weighted by Crippen LogP contribution is 2.21. The Balaban J connectivity index is 2.15.